The molecule has 0 atom stereocenters. The number of benzene rings is 8. The van der Waals surface area contributed by atoms with Crippen LogP contribution >= 0.6 is 60.4 Å². The van der Waals surface area contributed by atoms with E-state index in [1.54, 1.807) is 51.7 Å². The number of methoxy groups -OCH3 is 3. The van der Waals surface area contributed by atoms with Gasteiger partial charge >= 0.3 is 60.4 Å². The molecule has 3 saturated carbocycles. The second-order valence-corrected chi connectivity index (χ2v) is 50.1. The summed E-state index contributed by atoms with van der Waals surface area (Å²) in [5.74, 6) is 2.45. The van der Waals surface area contributed by atoms with Crippen molar-refractivity contribution in [3.05, 3.63) is 270 Å². The number of aryl methyl sites for hydroxylation is 2. The molecule has 8 aromatic rings. The summed E-state index contributed by atoms with van der Waals surface area (Å²) in [5, 5.41) is 20.8. The number of carbonyl (C=O) groups is 1. The van der Waals surface area contributed by atoms with Gasteiger partial charge in [-0.1, -0.05) is 317 Å². The van der Waals surface area contributed by atoms with Crippen molar-refractivity contribution in [3.63, 3.8) is 0 Å². The van der Waals surface area contributed by atoms with E-state index in [9.17, 15) is 70.7 Å². The third kappa shape index (κ3) is 51.5. The molecule has 3 fully saturated rings. The molecule has 778 valence electrons. The molecule has 2 N–H and O–H groups in total. The molecule has 0 aliphatic heterocycles. The third-order valence-corrected chi connectivity index (χ3v) is 31.0. The Morgan fingerprint density at radius 3 is 0.892 bits per heavy atom. The van der Waals surface area contributed by atoms with Gasteiger partial charge in [-0.3, -0.25) is 4.79 Å². The SMILES string of the molecule is Br.CC(C)(C)P(C(C)(C)C)C(C)(C)C.CC(C)(C)P(C(C)(C)C)C(C)(C)C.COc1ccc(CBr)cc1.COc1ccc(COCc2ccc(C)c(C(F)(F)F)c2)cc1.COc1ccc(COCc2ccc(C3CCCCC3)c(C(F)(F)F)c2)cc1.Cc1ccc(CO)cc1C(F)(F)F.O=Cc1ccc(Cl)c(C(F)(F)F)c1.OCc1ccc(C2CCCCC2)c(C(F)(F)F)c1.[CH-]1CCCCC1.[H-].[Na+].[Pd].[Zn]. The van der Waals surface area contributed by atoms with Crippen LogP contribution in [0.1, 0.15) is 334 Å². The molecular weight excluding hydrogens is 2160 g/mol. The Hall–Kier alpha value is -3.98. The van der Waals surface area contributed by atoms with E-state index in [1.165, 1.54) is 81.8 Å². The first kappa shape index (κ1) is 137. The van der Waals surface area contributed by atoms with Crippen LogP contribution in [-0.4, -0.2) is 68.8 Å². The van der Waals surface area contributed by atoms with Gasteiger partial charge in [-0.05, 0) is 216 Å². The smallest absolute Gasteiger partial charge is 1.00 e. The summed E-state index contributed by atoms with van der Waals surface area (Å²) in [6.45, 7) is 46.0. The van der Waals surface area contributed by atoms with Crippen LogP contribution < -0.4 is 43.8 Å². The molecule has 8 aromatic carbocycles. The second kappa shape index (κ2) is 63.6. The van der Waals surface area contributed by atoms with E-state index < -0.39 is 63.7 Å². The molecule has 31 heteroatoms. The van der Waals surface area contributed by atoms with Crippen LogP contribution in [0.5, 0.6) is 17.2 Å². The number of ether oxygens (including phenoxy) is 5. The van der Waals surface area contributed by atoms with Gasteiger partial charge in [-0.15, -0.1) is 17.0 Å². The number of alkyl halides is 16. The summed E-state index contributed by atoms with van der Waals surface area (Å²) in [4.78, 5) is 10.2. The number of rotatable bonds is 17. The number of hydrogen-bond donors (Lipinski definition) is 2. The van der Waals surface area contributed by atoms with Crippen molar-refractivity contribution < 1.29 is 175 Å². The molecule has 0 aromatic heterocycles. The van der Waals surface area contributed by atoms with Crippen molar-refractivity contribution >= 4 is 66.6 Å². The van der Waals surface area contributed by atoms with Gasteiger partial charge < -0.3 is 41.7 Å². The number of aldehydes is 1. The Labute approximate surface area is 896 Å². The Kier molecular flexibility index (Phi) is 62.8. The maximum Gasteiger partial charge on any atom is 1.00 e. The maximum atomic E-state index is 13.6. The number of aliphatic hydroxyl groups excluding tert-OH is 2. The van der Waals surface area contributed by atoms with Gasteiger partial charge in [0.1, 0.15) is 23.5 Å². The normalized spacial score (nSPS) is 13.9. The molecule has 11 rings (SSSR count). The van der Waals surface area contributed by atoms with Gasteiger partial charge in [0.2, 0.25) is 0 Å². The summed E-state index contributed by atoms with van der Waals surface area (Å²) < 4.78 is 218. The van der Waals surface area contributed by atoms with Crippen LogP contribution in [0.3, 0.4) is 0 Å². The molecule has 0 radical (unpaired) electrons. The quantitative estimate of drug-likeness (QED) is 0.0232. The molecule has 3 aliphatic carbocycles. The third-order valence-electron chi connectivity index (χ3n) is 22.0. The van der Waals surface area contributed by atoms with E-state index in [-0.39, 0.29) is 164 Å². The van der Waals surface area contributed by atoms with Crippen molar-refractivity contribution in [1.82, 2.24) is 0 Å². The second-order valence-electron chi connectivity index (χ2n) is 39.8. The van der Waals surface area contributed by atoms with Crippen molar-refractivity contribution in [3.8, 4) is 17.2 Å². The van der Waals surface area contributed by atoms with Gasteiger partial charge in [0.15, 0.2) is 0 Å². The molecule has 0 saturated heterocycles. The number of halogens is 18. The van der Waals surface area contributed by atoms with Crippen LogP contribution in [-0.2, 0) is 125 Å². The number of hydrogen-bond acceptors (Lipinski definition) is 8. The first-order valence-corrected chi connectivity index (χ1v) is 49.9. The standard InChI is InChI=1S/C22H25F3O2.C17H17F3O2.C14H17F3O.2C12H27P.C9H9F3O.C8H9BrO.C8H4ClF3O.C6H11.BrH.Na.Pd.Zn.H/c1-26-19-10-7-16(8-11-19)14-27-15-17-9-12-20(18-5-3-2-4-6-18)21(13-17)22(23,24)25;1-12-3-4-14(9-16(12)17(18,19)20)11-22-10-13-5-7-15(21-2)8-6-13;15-14(16,17)13-8-10(9-18)6-7-12(13)11-4-2-1-3-5-11;2*1-10(2,3)13(11(4,5)6)12(7,8)9;1-6-2-3-7(5-13)4-8(6)9(10,11)12;1-10-8-4-2-7(6-9)3-5-8;9-7-2-1-5(4-13)3-6(7)8(10,11)12;1-2-4-6-5-3-1;;;;;/h7-13,18H,2-6,14-15H2,1H3;3-9H,10-11H2,1-2H3;6-8,11,18H,1-5,9H2;2*1-9H3;2-4,13H,5H2,1H3;2-5H,6H2,1H3;1-4H;1H,2-6H2;1H;;;;/q;;;;;;;;-1;;+1;;;-1. The molecule has 0 unspecified atom stereocenters. The van der Waals surface area contributed by atoms with Gasteiger partial charge in [-0.2, -0.15) is 78.7 Å². The summed E-state index contributed by atoms with van der Waals surface area (Å²) in [5.41, 5.74) is 2.64. The summed E-state index contributed by atoms with van der Waals surface area (Å²) in [6.07, 6.45) is -2.40. The molecule has 8 nitrogen and oxygen atoms in total. The average molecular weight is 2310 g/mol. The molecular formula is C108H148Br2ClF15NaO8P2PdZn-. The summed E-state index contributed by atoms with van der Waals surface area (Å²) >= 11 is 8.67. The topological polar surface area (TPSA) is 104 Å². The van der Waals surface area contributed by atoms with Crippen LogP contribution in [0.25, 0.3) is 0 Å². The minimum Gasteiger partial charge on any atom is -1.00 e. The first-order chi connectivity index (χ1) is 62.4. The van der Waals surface area contributed by atoms with Crippen LogP contribution in [0.4, 0.5) is 65.9 Å². The van der Waals surface area contributed by atoms with E-state index >= 15 is 0 Å². The molecule has 0 spiro atoms. The predicted molar refractivity (Wildman–Crippen MR) is 540 cm³/mol. The minimum absolute atomic E-state index is 0. The molecule has 0 amide bonds. The zero-order valence-electron chi connectivity index (χ0n) is 86.5. The van der Waals surface area contributed by atoms with Crippen LogP contribution in [0, 0.1) is 20.3 Å². The largest absolute Gasteiger partial charge is 1.00 e. The molecule has 139 heavy (non-hydrogen) atoms. The Bertz CT molecular complexity index is 4630. The van der Waals surface area contributed by atoms with E-state index in [0.717, 1.165) is 128 Å². The first-order valence-electron chi connectivity index (χ1n) is 45.7. The summed E-state index contributed by atoms with van der Waals surface area (Å²) in [6, 6.07) is 42.7. The van der Waals surface area contributed by atoms with Crippen molar-refractivity contribution in [2.75, 3.05) is 21.3 Å². The molecule has 0 bridgehead atoms. The van der Waals surface area contributed by atoms with E-state index in [0.29, 0.717) is 78.3 Å². The number of carbonyl (C=O) groups excluding carboxylic acids is 1. The Morgan fingerprint density at radius 1 is 0.374 bits per heavy atom. The molecule has 3 aliphatic rings. The van der Waals surface area contributed by atoms with E-state index in [4.69, 9.17) is 45.5 Å². The van der Waals surface area contributed by atoms with Crippen molar-refractivity contribution in [1.29, 1.82) is 0 Å². The zero-order valence-corrected chi connectivity index (χ0v) is 97.9. The van der Waals surface area contributed by atoms with Crippen LogP contribution in [0.15, 0.2) is 164 Å². The van der Waals surface area contributed by atoms with Gasteiger partial charge in [0.05, 0.1) is 93.8 Å². The summed E-state index contributed by atoms with van der Waals surface area (Å²) in [7, 11) is 4.88. The molecule has 0 heterocycles. The zero-order chi connectivity index (χ0) is 103. The fourth-order valence-corrected chi connectivity index (χ4v) is 30.7. The number of aliphatic hydroxyl groups is 2. The fraction of sp³-hybridized carbons (Fsp3) is 0.537. The van der Waals surface area contributed by atoms with Crippen molar-refractivity contribution in [2.24, 2.45) is 0 Å². The Morgan fingerprint density at radius 2 is 0.633 bits per heavy atom. The van der Waals surface area contributed by atoms with Gasteiger partial charge in [0.25, 0.3) is 0 Å². The van der Waals surface area contributed by atoms with Gasteiger partial charge in [-0.25, -0.2) is 0 Å². The van der Waals surface area contributed by atoms with E-state index in [2.05, 4.69) is 147 Å². The monoisotopic (exact) mass is 2310 g/mol. The van der Waals surface area contributed by atoms with E-state index in [1.807, 2.05) is 72.8 Å². The maximum absolute atomic E-state index is 13.6. The van der Waals surface area contributed by atoms with Gasteiger partial charge in [0, 0.05) is 50.8 Å². The van der Waals surface area contributed by atoms with Crippen molar-refractivity contribution in [2.45, 2.75) is 353 Å². The van der Waals surface area contributed by atoms with Crippen LogP contribution in [0.2, 0.25) is 5.02 Å². The average Bonchev–Trinajstić information content (AvgIpc) is 0.824. The fourth-order valence-electron chi connectivity index (χ4n) is 18.1. The minimum atomic E-state index is -4.52. The predicted octanol–water partition coefficient (Wildman–Crippen LogP) is 33.3. The Balaban J connectivity index is -0.00000154.